The van der Waals surface area contributed by atoms with Gasteiger partial charge in [0.15, 0.2) is 5.78 Å². The average molecular weight is 781 g/mol. The number of ketones is 1. The molecular weight excluding hydrogens is 729 g/mol. The minimum Gasteiger partial charge on any atom is -0.497 e. The van der Waals surface area contributed by atoms with E-state index in [4.69, 9.17) is 14.2 Å². The van der Waals surface area contributed by atoms with Gasteiger partial charge >= 0.3 is 5.97 Å². The van der Waals surface area contributed by atoms with Crippen molar-refractivity contribution in [2.45, 2.75) is 126 Å². The first-order chi connectivity index (χ1) is 26.5. The summed E-state index contributed by atoms with van der Waals surface area (Å²) in [6, 6.07) is 9.64. The third kappa shape index (κ3) is 8.60. The first kappa shape index (κ1) is 39.3. The standard InChI is InChI=1S/C42H51F2N2O8P/c1-52-31-16-17-33-27(20-31)18-19-45-40(33)54-32-22-37-38(47)24-42(55(50,51)26-34-35(43)14-9-15-36(34)44)23-29(42)11-6-4-2-3-5-10-28(41(49)46(37)25-32)21-39(48)53-30-12-7-8-13-30/h9,14-20,28-30,32,37H,2-8,10-13,21-26H2,1H3,(H,50,51)/t28-,29+,32-,37+,42-/m1/s1. The lowest BCUT2D eigenvalue weighted by Gasteiger charge is -2.30. The number of carbonyl (C=O) groups is 3. The first-order valence-electron chi connectivity index (χ1n) is 19.8. The summed E-state index contributed by atoms with van der Waals surface area (Å²) in [5, 5.41) is 0.184. The Hall–Kier alpha value is -3.89. The van der Waals surface area contributed by atoms with Crippen molar-refractivity contribution in [2.75, 3.05) is 13.7 Å². The van der Waals surface area contributed by atoms with E-state index < -0.39 is 65.7 Å². The van der Waals surface area contributed by atoms with Gasteiger partial charge < -0.3 is 24.0 Å². The number of Topliss-reactive ketones (excluding diaryl/α,β-unsaturated/α-hetero) is 1. The van der Waals surface area contributed by atoms with E-state index in [1.807, 2.05) is 18.2 Å². The number of amides is 1. The van der Waals surface area contributed by atoms with Crippen molar-refractivity contribution < 1.29 is 46.8 Å². The summed E-state index contributed by atoms with van der Waals surface area (Å²) in [4.78, 5) is 60.3. The molecule has 1 N–H and O–H groups in total. The Bertz CT molecular complexity index is 1940. The van der Waals surface area contributed by atoms with Crippen molar-refractivity contribution in [3.05, 3.63) is 65.9 Å². The van der Waals surface area contributed by atoms with Crippen LogP contribution in [0.1, 0.15) is 102 Å². The molecule has 0 spiro atoms. The minimum atomic E-state index is -4.37. The number of carbonyl (C=O) groups excluding carboxylic acids is 3. The molecule has 3 aromatic rings. The van der Waals surface area contributed by atoms with Crippen molar-refractivity contribution >= 4 is 35.8 Å². The highest BCUT2D eigenvalue weighted by molar-refractivity contribution is 7.59. The van der Waals surface area contributed by atoms with Gasteiger partial charge in [0.2, 0.25) is 19.2 Å². The summed E-state index contributed by atoms with van der Waals surface area (Å²) in [7, 11) is -2.79. The number of hydrogen-bond donors (Lipinski definition) is 1. The monoisotopic (exact) mass is 780 g/mol. The van der Waals surface area contributed by atoms with Crippen LogP contribution in [0.3, 0.4) is 0 Å². The predicted molar refractivity (Wildman–Crippen MR) is 202 cm³/mol. The number of nitrogens with zero attached hydrogens (tertiary/aromatic N) is 2. The molecule has 2 saturated heterocycles. The third-order valence-electron chi connectivity index (χ3n) is 12.4. The Labute approximate surface area is 320 Å². The van der Waals surface area contributed by atoms with Crippen molar-refractivity contribution in [1.29, 1.82) is 0 Å². The normalized spacial score (nSPS) is 27.7. The van der Waals surface area contributed by atoms with Gasteiger partial charge in [0.25, 0.3) is 0 Å². The summed E-state index contributed by atoms with van der Waals surface area (Å²) < 4.78 is 61.7. The highest BCUT2D eigenvalue weighted by Crippen LogP contribution is 2.75. The summed E-state index contributed by atoms with van der Waals surface area (Å²) in [5.74, 6) is -2.98. The Balaban J connectivity index is 1.19. The lowest BCUT2D eigenvalue weighted by Crippen LogP contribution is -2.45. The maximum atomic E-state index is 14.8. The number of hydrogen-bond acceptors (Lipinski definition) is 8. The average Bonchev–Trinajstić information content (AvgIpc) is 3.43. The molecule has 4 fully saturated rings. The molecule has 13 heteroatoms. The molecule has 2 aromatic carbocycles. The number of fused-ring (bicyclic) bond motifs is 3. The molecule has 2 aliphatic heterocycles. The molecule has 55 heavy (non-hydrogen) atoms. The third-order valence-corrected chi connectivity index (χ3v) is 15.3. The fourth-order valence-corrected chi connectivity index (χ4v) is 11.9. The number of pyridine rings is 1. The van der Waals surface area contributed by atoms with Gasteiger partial charge in [0.1, 0.15) is 29.6 Å². The van der Waals surface area contributed by atoms with Gasteiger partial charge in [-0.05, 0) is 92.6 Å². The zero-order valence-electron chi connectivity index (χ0n) is 31.4. The van der Waals surface area contributed by atoms with E-state index in [0.29, 0.717) is 24.5 Å². The molecule has 2 saturated carbocycles. The zero-order chi connectivity index (χ0) is 38.7. The molecular formula is C42H51F2N2O8P. The van der Waals surface area contributed by atoms with Gasteiger partial charge in [-0.3, -0.25) is 18.9 Å². The van der Waals surface area contributed by atoms with Gasteiger partial charge in [-0.1, -0.05) is 38.2 Å². The van der Waals surface area contributed by atoms with Crippen LogP contribution in [-0.2, 0) is 29.8 Å². The summed E-state index contributed by atoms with van der Waals surface area (Å²) in [5.41, 5.74) is -0.463. The van der Waals surface area contributed by atoms with Crippen LogP contribution in [0.4, 0.5) is 8.78 Å². The second-order valence-electron chi connectivity index (χ2n) is 16.0. The maximum absolute atomic E-state index is 14.8. The van der Waals surface area contributed by atoms with E-state index >= 15 is 0 Å². The number of methoxy groups -OCH3 is 1. The van der Waals surface area contributed by atoms with Gasteiger partial charge in [-0.25, -0.2) is 13.8 Å². The largest absolute Gasteiger partial charge is 0.497 e. The van der Waals surface area contributed by atoms with E-state index in [-0.39, 0.29) is 50.2 Å². The molecule has 2 aliphatic carbocycles. The quantitative estimate of drug-likeness (QED) is 0.168. The number of halogens is 2. The van der Waals surface area contributed by atoms with Crippen LogP contribution in [0.15, 0.2) is 48.7 Å². The molecule has 0 radical (unpaired) electrons. The van der Waals surface area contributed by atoms with Crippen LogP contribution in [0.25, 0.3) is 10.8 Å². The van der Waals surface area contributed by atoms with E-state index in [9.17, 15) is 32.6 Å². The van der Waals surface area contributed by atoms with E-state index in [2.05, 4.69) is 4.98 Å². The molecule has 1 amide bonds. The smallest absolute Gasteiger partial charge is 0.306 e. The number of esters is 1. The fraction of sp³-hybridized carbons (Fsp3) is 0.571. The Morgan fingerprint density at radius 2 is 1.67 bits per heavy atom. The zero-order valence-corrected chi connectivity index (χ0v) is 32.3. The lowest BCUT2D eigenvalue weighted by molar-refractivity contribution is -0.154. The first-order valence-corrected chi connectivity index (χ1v) is 21.7. The molecule has 1 unspecified atom stereocenters. The number of benzene rings is 2. The Kier molecular flexibility index (Phi) is 11.9. The molecule has 3 heterocycles. The summed E-state index contributed by atoms with van der Waals surface area (Å²) in [6.45, 7) is 0.0469. The van der Waals surface area contributed by atoms with E-state index in [1.165, 1.54) is 11.0 Å². The molecule has 7 rings (SSSR count). The lowest BCUT2D eigenvalue weighted by atomic mass is 9.94. The van der Waals surface area contributed by atoms with Gasteiger partial charge in [0, 0.05) is 35.9 Å². The second kappa shape index (κ2) is 16.7. The van der Waals surface area contributed by atoms with Crippen molar-refractivity contribution in [1.82, 2.24) is 9.88 Å². The van der Waals surface area contributed by atoms with Crippen LogP contribution in [0, 0.1) is 23.5 Å². The van der Waals surface area contributed by atoms with Gasteiger partial charge in [-0.2, -0.15) is 0 Å². The van der Waals surface area contributed by atoms with Crippen molar-refractivity contribution in [3.8, 4) is 11.6 Å². The maximum Gasteiger partial charge on any atom is 0.306 e. The summed E-state index contributed by atoms with van der Waals surface area (Å²) >= 11 is 0. The van der Waals surface area contributed by atoms with E-state index in [1.54, 1.807) is 19.4 Å². The van der Waals surface area contributed by atoms with Gasteiger partial charge in [-0.15, -0.1) is 0 Å². The van der Waals surface area contributed by atoms with Crippen molar-refractivity contribution in [2.24, 2.45) is 11.8 Å². The topological polar surface area (TPSA) is 132 Å². The molecule has 6 atom stereocenters. The van der Waals surface area contributed by atoms with Crippen LogP contribution >= 0.6 is 7.37 Å². The highest BCUT2D eigenvalue weighted by Gasteiger charge is 2.66. The molecule has 10 nitrogen and oxygen atoms in total. The highest BCUT2D eigenvalue weighted by atomic mass is 31.2. The van der Waals surface area contributed by atoms with Crippen LogP contribution < -0.4 is 9.47 Å². The number of aromatic nitrogens is 1. The Morgan fingerprint density at radius 3 is 2.42 bits per heavy atom. The van der Waals surface area contributed by atoms with Crippen LogP contribution in [0.2, 0.25) is 0 Å². The Morgan fingerprint density at radius 1 is 0.964 bits per heavy atom. The minimum absolute atomic E-state index is 0.0469. The van der Waals surface area contributed by atoms with Crippen LogP contribution in [0.5, 0.6) is 11.6 Å². The fourth-order valence-electron chi connectivity index (χ4n) is 9.22. The molecule has 4 aliphatic rings. The molecule has 0 bridgehead atoms. The van der Waals surface area contributed by atoms with Gasteiger partial charge in [0.05, 0.1) is 37.4 Å². The summed E-state index contributed by atoms with van der Waals surface area (Å²) in [6.07, 6.45) is 8.83. The molecule has 1 aromatic heterocycles. The predicted octanol–water partition coefficient (Wildman–Crippen LogP) is 8.29. The van der Waals surface area contributed by atoms with E-state index in [0.717, 1.165) is 80.7 Å². The number of rotatable bonds is 9. The second-order valence-corrected chi connectivity index (χ2v) is 18.6. The SMILES string of the molecule is COc1ccc2c(O[C@@H]3C[C@H]4C(=O)C[C@]5(P(=O)(O)Cc6c(F)cccc6F)C[C@@H]5CCCCCCC[C@H](CC(=O)OC5CCCC5)C(=O)N4C3)nccc2c1. The van der Waals surface area contributed by atoms with Crippen LogP contribution in [-0.4, -0.2) is 69.5 Å². The molecule has 296 valence electrons. The van der Waals surface area contributed by atoms with Crippen molar-refractivity contribution in [3.63, 3.8) is 0 Å². The number of ether oxygens (including phenoxy) is 3.